The van der Waals surface area contributed by atoms with Gasteiger partial charge in [-0.2, -0.15) is 0 Å². The molecule has 5 nitrogen and oxygen atoms in total. The van der Waals surface area contributed by atoms with Crippen LogP contribution in [0.1, 0.15) is 35.6 Å². The minimum absolute atomic E-state index is 0.251. The summed E-state index contributed by atoms with van der Waals surface area (Å²) in [6.45, 7) is 5.63. The van der Waals surface area contributed by atoms with E-state index in [0.717, 1.165) is 11.3 Å². The summed E-state index contributed by atoms with van der Waals surface area (Å²) in [5, 5.41) is 0. The number of sulfonamides is 1. The van der Waals surface area contributed by atoms with Crippen LogP contribution in [-0.2, 0) is 16.6 Å². The van der Waals surface area contributed by atoms with Crippen molar-refractivity contribution in [3.8, 4) is 0 Å². The Balaban J connectivity index is 2.30. The van der Waals surface area contributed by atoms with E-state index in [2.05, 4.69) is 4.72 Å². The predicted molar refractivity (Wildman–Crippen MR) is 81.3 cm³/mol. The molecule has 0 saturated heterocycles. The van der Waals surface area contributed by atoms with Crippen LogP contribution in [0, 0.1) is 13.8 Å². The molecule has 1 aromatic heterocycles. The van der Waals surface area contributed by atoms with Crippen molar-refractivity contribution in [3.05, 3.63) is 53.0 Å². The Morgan fingerprint density at radius 1 is 1.24 bits per heavy atom. The van der Waals surface area contributed by atoms with Crippen molar-refractivity contribution in [1.29, 1.82) is 0 Å². The normalized spacial score (nSPS) is 13.3. The molecule has 2 rings (SSSR count). The second kappa shape index (κ2) is 6.01. The number of rotatable bonds is 5. The van der Waals surface area contributed by atoms with Crippen LogP contribution in [0.3, 0.4) is 0 Å². The van der Waals surface area contributed by atoms with Crippen LogP contribution in [0.25, 0.3) is 0 Å². The van der Waals surface area contributed by atoms with Gasteiger partial charge in [-0.15, -0.1) is 0 Å². The molecule has 0 radical (unpaired) electrons. The molecule has 0 fully saturated rings. The molecule has 21 heavy (non-hydrogen) atoms. The van der Waals surface area contributed by atoms with Crippen LogP contribution in [0.4, 0.5) is 0 Å². The molecule has 1 heterocycles. The first kappa shape index (κ1) is 15.8. The van der Waals surface area contributed by atoms with Gasteiger partial charge in [-0.05, 0) is 50.1 Å². The van der Waals surface area contributed by atoms with E-state index in [-0.39, 0.29) is 4.90 Å². The Labute approximate surface area is 125 Å². The molecule has 6 heteroatoms. The third kappa shape index (κ3) is 3.53. The third-order valence-electron chi connectivity index (χ3n) is 3.30. The zero-order valence-corrected chi connectivity index (χ0v) is 13.2. The van der Waals surface area contributed by atoms with Gasteiger partial charge in [0.05, 0.1) is 10.9 Å². The Morgan fingerprint density at radius 3 is 2.52 bits per heavy atom. The predicted octanol–water partition coefficient (Wildman–Crippen LogP) is 2.39. The highest BCUT2D eigenvalue weighted by atomic mass is 32.2. The lowest BCUT2D eigenvalue weighted by atomic mass is 10.1. The Bertz CT molecular complexity index is 735. The molecule has 114 valence electrons. The molecule has 1 aromatic carbocycles. The van der Waals surface area contributed by atoms with Gasteiger partial charge in [0.2, 0.25) is 10.0 Å². The van der Waals surface area contributed by atoms with Gasteiger partial charge < -0.3 is 10.2 Å². The molecule has 3 N–H and O–H groups in total. The molecule has 0 saturated carbocycles. The summed E-state index contributed by atoms with van der Waals surface area (Å²) in [6, 6.07) is 8.33. The van der Waals surface area contributed by atoms with Crippen molar-refractivity contribution in [2.45, 2.75) is 38.3 Å². The monoisotopic (exact) mass is 308 g/mol. The molecule has 0 amide bonds. The quantitative estimate of drug-likeness (QED) is 0.888. The molecule has 1 unspecified atom stereocenters. The first-order chi connectivity index (χ1) is 9.83. The first-order valence-electron chi connectivity index (χ1n) is 6.72. The lowest BCUT2D eigenvalue weighted by Crippen LogP contribution is -2.27. The van der Waals surface area contributed by atoms with E-state index in [9.17, 15) is 8.42 Å². The lowest BCUT2D eigenvalue weighted by Gasteiger charge is -2.14. The summed E-state index contributed by atoms with van der Waals surface area (Å²) in [7, 11) is -3.63. The van der Waals surface area contributed by atoms with Gasteiger partial charge in [0.1, 0.15) is 11.5 Å². The van der Waals surface area contributed by atoms with E-state index >= 15 is 0 Å². The number of nitrogens with one attached hydrogen (secondary N) is 1. The maximum Gasteiger partial charge on any atom is 0.241 e. The first-order valence-corrected chi connectivity index (χ1v) is 8.20. The van der Waals surface area contributed by atoms with E-state index < -0.39 is 16.1 Å². The molecular weight excluding hydrogens is 288 g/mol. The highest BCUT2D eigenvalue weighted by molar-refractivity contribution is 7.89. The van der Waals surface area contributed by atoms with Gasteiger partial charge in [0, 0.05) is 6.54 Å². The van der Waals surface area contributed by atoms with Crippen LogP contribution in [0.2, 0.25) is 0 Å². The average molecular weight is 308 g/mol. The maximum atomic E-state index is 12.5. The minimum Gasteiger partial charge on any atom is -0.465 e. The van der Waals surface area contributed by atoms with E-state index in [1.165, 1.54) is 0 Å². The van der Waals surface area contributed by atoms with Crippen LogP contribution in [0.15, 0.2) is 39.6 Å². The number of hydrogen-bond donors (Lipinski definition) is 2. The van der Waals surface area contributed by atoms with Crippen molar-refractivity contribution in [2.75, 3.05) is 0 Å². The SMILES string of the molecule is Cc1ccc(C(C)NS(=O)(=O)c2cc(CN)ccc2C)o1. The van der Waals surface area contributed by atoms with E-state index in [0.29, 0.717) is 17.9 Å². The highest BCUT2D eigenvalue weighted by Crippen LogP contribution is 2.21. The van der Waals surface area contributed by atoms with E-state index in [1.807, 2.05) is 13.0 Å². The zero-order valence-electron chi connectivity index (χ0n) is 12.4. The standard InChI is InChI=1S/C15H20N2O3S/c1-10-4-6-13(9-16)8-15(10)21(18,19)17-12(3)14-7-5-11(2)20-14/h4-8,12,17H,9,16H2,1-3H3. The van der Waals surface area contributed by atoms with Gasteiger partial charge in [0.25, 0.3) is 0 Å². The van der Waals surface area contributed by atoms with Crippen LogP contribution in [-0.4, -0.2) is 8.42 Å². The van der Waals surface area contributed by atoms with Crippen molar-refractivity contribution in [3.63, 3.8) is 0 Å². The summed E-state index contributed by atoms with van der Waals surface area (Å²) >= 11 is 0. The fourth-order valence-electron chi connectivity index (χ4n) is 2.10. The molecule has 0 aliphatic heterocycles. The Morgan fingerprint density at radius 2 is 1.95 bits per heavy atom. The number of aryl methyl sites for hydroxylation is 2. The lowest BCUT2D eigenvalue weighted by molar-refractivity contribution is 0.441. The molecule has 0 aliphatic rings. The van der Waals surface area contributed by atoms with Crippen LogP contribution in [0.5, 0.6) is 0 Å². The van der Waals surface area contributed by atoms with Crippen molar-refractivity contribution < 1.29 is 12.8 Å². The minimum atomic E-state index is -3.63. The number of furan rings is 1. The van der Waals surface area contributed by atoms with E-state index in [1.54, 1.807) is 38.1 Å². The maximum absolute atomic E-state index is 12.5. The number of hydrogen-bond acceptors (Lipinski definition) is 4. The molecule has 0 bridgehead atoms. The average Bonchev–Trinajstić information content (AvgIpc) is 2.85. The van der Waals surface area contributed by atoms with Crippen molar-refractivity contribution in [1.82, 2.24) is 4.72 Å². The van der Waals surface area contributed by atoms with Gasteiger partial charge in [0.15, 0.2) is 0 Å². The summed E-state index contributed by atoms with van der Waals surface area (Å²) in [4.78, 5) is 0.251. The fourth-order valence-corrected chi connectivity index (χ4v) is 3.61. The second-order valence-electron chi connectivity index (χ2n) is 5.10. The van der Waals surface area contributed by atoms with Crippen LogP contribution >= 0.6 is 0 Å². The van der Waals surface area contributed by atoms with Gasteiger partial charge in [-0.25, -0.2) is 13.1 Å². The van der Waals surface area contributed by atoms with Gasteiger partial charge in [-0.1, -0.05) is 12.1 Å². The highest BCUT2D eigenvalue weighted by Gasteiger charge is 2.22. The van der Waals surface area contributed by atoms with Crippen LogP contribution < -0.4 is 10.5 Å². The van der Waals surface area contributed by atoms with Crippen molar-refractivity contribution >= 4 is 10.0 Å². The van der Waals surface area contributed by atoms with E-state index in [4.69, 9.17) is 10.2 Å². The largest absolute Gasteiger partial charge is 0.465 e. The number of nitrogens with two attached hydrogens (primary N) is 1. The zero-order chi connectivity index (χ0) is 15.6. The van der Waals surface area contributed by atoms with Gasteiger partial charge in [-0.3, -0.25) is 0 Å². The Hall–Kier alpha value is -1.63. The molecular formula is C15H20N2O3S. The fraction of sp³-hybridized carbons (Fsp3) is 0.333. The summed E-state index contributed by atoms with van der Waals surface area (Å²) < 4.78 is 33.1. The molecule has 1 atom stereocenters. The smallest absolute Gasteiger partial charge is 0.241 e. The third-order valence-corrected chi connectivity index (χ3v) is 4.98. The summed E-state index contributed by atoms with van der Waals surface area (Å²) in [5.74, 6) is 1.33. The number of benzene rings is 1. The summed E-state index contributed by atoms with van der Waals surface area (Å²) in [6.07, 6.45) is 0. The molecule has 0 aliphatic carbocycles. The summed E-state index contributed by atoms with van der Waals surface area (Å²) in [5.41, 5.74) is 7.04. The van der Waals surface area contributed by atoms with Crippen molar-refractivity contribution in [2.24, 2.45) is 5.73 Å². The second-order valence-corrected chi connectivity index (χ2v) is 6.78. The Kier molecular flexibility index (Phi) is 4.51. The topological polar surface area (TPSA) is 85.3 Å². The molecule has 2 aromatic rings. The van der Waals surface area contributed by atoms with Gasteiger partial charge >= 0.3 is 0 Å². The molecule has 0 spiro atoms.